The molecule has 118 valence electrons. The molecule has 0 spiro atoms. The van der Waals surface area contributed by atoms with E-state index in [4.69, 9.17) is 4.74 Å². The Bertz CT molecular complexity index is 445. The van der Waals surface area contributed by atoms with Gasteiger partial charge in [0, 0.05) is 13.1 Å². The molecule has 2 N–H and O–H groups in total. The van der Waals surface area contributed by atoms with Gasteiger partial charge >= 0.3 is 6.03 Å². The Balaban J connectivity index is 2.23. The Hall–Kier alpha value is -1.75. The minimum atomic E-state index is -0.201. The highest BCUT2D eigenvalue weighted by molar-refractivity contribution is 5.73. The van der Waals surface area contributed by atoms with Crippen molar-refractivity contribution in [2.45, 2.75) is 27.7 Å². The van der Waals surface area contributed by atoms with Crippen LogP contribution in [0.4, 0.5) is 4.79 Å². The van der Waals surface area contributed by atoms with Gasteiger partial charge in [-0.25, -0.2) is 4.79 Å². The third kappa shape index (κ3) is 6.04. The van der Waals surface area contributed by atoms with Crippen LogP contribution in [-0.2, 0) is 0 Å². The standard InChI is InChI=1S/C16H27N3O2/c1-5-19(6-2)11-10-17-16(20)18-12-21-15-9-7-8-13(3)14(15)4/h7-9H,5-6,10-12H2,1-4H3,(H2,17,18,20). The van der Waals surface area contributed by atoms with E-state index in [1.165, 1.54) is 5.56 Å². The number of likely N-dealkylation sites (N-methyl/N-ethyl adjacent to an activating group) is 1. The van der Waals surface area contributed by atoms with Gasteiger partial charge in [0.05, 0.1) is 0 Å². The van der Waals surface area contributed by atoms with Crippen molar-refractivity contribution in [2.24, 2.45) is 0 Å². The Morgan fingerprint density at radius 1 is 1.19 bits per heavy atom. The van der Waals surface area contributed by atoms with E-state index in [1.807, 2.05) is 32.0 Å². The summed E-state index contributed by atoms with van der Waals surface area (Å²) in [5, 5.41) is 5.52. The summed E-state index contributed by atoms with van der Waals surface area (Å²) in [6, 6.07) is 5.69. The summed E-state index contributed by atoms with van der Waals surface area (Å²) in [7, 11) is 0. The number of carbonyl (C=O) groups is 1. The number of aryl methyl sites for hydroxylation is 1. The number of ether oxygens (including phenoxy) is 1. The van der Waals surface area contributed by atoms with Crippen molar-refractivity contribution in [3.63, 3.8) is 0 Å². The molecule has 0 heterocycles. The first-order chi connectivity index (χ1) is 10.1. The monoisotopic (exact) mass is 293 g/mol. The van der Waals surface area contributed by atoms with Crippen molar-refractivity contribution in [3.05, 3.63) is 29.3 Å². The molecule has 21 heavy (non-hydrogen) atoms. The first kappa shape index (κ1) is 17.3. The lowest BCUT2D eigenvalue weighted by atomic mass is 10.1. The minimum Gasteiger partial charge on any atom is -0.473 e. The molecule has 5 heteroatoms. The quantitative estimate of drug-likeness (QED) is 0.723. The van der Waals surface area contributed by atoms with Gasteiger partial charge in [-0.2, -0.15) is 0 Å². The van der Waals surface area contributed by atoms with Gasteiger partial charge < -0.3 is 20.3 Å². The number of hydrogen-bond donors (Lipinski definition) is 2. The molecule has 0 saturated heterocycles. The van der Waals surface area contributed by atoms with Crippen LogP contribution in [-0.4, -0.2) is 43.8 Å². The third-order valence-electron chi connectivity index (χ3n) is 3.62. The van der Waals surface area contributed by atoms with Crippen molar-refractivity contribution < 1.29 is 9.53 Å². The van der Waals surface area contributed by atoms with E-state index in [0.717, 1.165) is 30.9 Å². The largest absolute Gasteiger partial charge is 0.473 e. The zero-order chi connectivity index (χ0) is 15.7. The van der Waals surface area contributed by atoms with Crippen LogP contribution >= 0.6 is 0 Å². The van der Waals surface area contributed by atoms with E-state index in [9.17, 15) is 4.79 Å². The van der Waals surface area contributed by atoms with Crippen molar-refractivity contribution in [3.8, 4) is 5.75 Å². The maximum Gasteiger partial charge on any atom is 0.317 e. The molecule has 0 unspecified atom stereocenters. The molecule has 5 nitrogen and oxygen atoms in total. The molecule has 0 aliphatic carbocycles. The SMILES string of the molecule is CCN(CC)CCNC(=O)NCOc1cccc(C)c1C. The van der Waals surface area contributed by atoms with E-state index >= 15 is 0 Å². The predicted molar refractivity (Wildman–Crippen MR) is 85.7 cm³/mol. The second-order valence-electron chi connectivity index (χ2n) is 4.95. The Morgan fingerprint density at radius 2 is 1.90 bits per heavy atom. The number of nitrogens with one attached hydrogen (secondary N) is 2. The van der Waals surface area contributed by atoms with Gasteiger partial charge in [-0.15, -0.1) is 0 Å². The Labute approximate surface area is 127 Å². The predicted octanol–water partition coefficient (Wildman–Crippen LogP) is 2.28. The van der Waals surface area contributed by atoms with Gasteiger partial charge in [0.1, 0.15) is 5.75 Å². The van der Waals surface area contributed by atoms with Crippen LogP contribution in [0.5, 0.6) is 5.75 Å². The molecule has 2 amide bonds. The highest BCUT2D eigenvalue weighted by Crippen LogP contribution is 2.19. The molecule has 1 aromatic carbocycles. The van der Waals surface area contributed by atoms with Gasteiger partial charge in [-0.1, -0.05) is 26.0 Å². The lowest BCUT2D eigenvalue weighted by Gasteiger charge is -2.18. The number of benzene rings is 1. The van der Waals surface area contributed by atoms with Crippen LogP contribution in [0.3, 0.4) is 0 Å². The number of urea groups is 1. The first-order valence-corrected chi connectivity index (χ1v) is 7.51. The number of carbonyl (C=O) groups excluding carboxylic acids is 1. The summed E-state index contributed by atoms with van der Waals surface area (Å²) < 4.78 is 5.58. The molecule has 0 saturated carbocycles. The molecule has 0 aromatic heterocycles. The summed E-state index contributed by atoms with van der Waals surface area (Å²) in [6.07, 6.45) is 0. The van der Waals surface area contributed by atoms with Crippen LogP contribution in [0, 0.1) is 13.8 Å². The van der Waals surface area contributed by atoms with E-state index < -0.39 is 0 Å². The maximum absolute atomic E-state index is 11.6. The highest BCUT2D eigenvalue weighted by Gasteiger charge is 2.04. The molecule has 0 atom stereocenters. The van der Waals surface area contributed by atoms with E-state index in [2.05, 4.69) is 29.4 Å². The average Bonchev–Trinajstić information content (AvgIpc) is 2.48. The maximum atomic E-state index is 11.6. The average molecular weight is 293 g/mol. The lowest BCUT2D eigenvalue weighted by molar-refractivity contribution is 0.221. The Morgan fingerprint density at radius 3 is 2.57 bits per heavy atom. The zero-order valence-corrected chi connectivity index (χ0v) is 13.5. The van der Waals surface area contributed by atoms with Gasteiger partial charge in [0.25, 0.3) is 0 Å². The minimum absolute atomic E-state index is 0.168. The number of amides is 2. The number of hydrogen-bond acceptors (Lipinski definition) is 3. The second kappa shape index (κ2) is 9.23. The molecular weight excluding hydrogens is 266 g/mol. The van der Waals surface area contributed by atoms with Gasteiger partial charge in [0.2, 0.25) is 0 Å². The molecule has 0 bridgehead atoms. The van der Waals surface area contributed by atoms with Crippen LogP contribution in [0.2, 0.25) is 0 Å². The summed E-state index contributed by atoms with van der Waals surface area (Å²) >= 11 is 0. The lowest BCUT2D eigenvalue weighted by Crippen LogP contribution is -2.41. The molecule has 0 aliphatic heterocycles. The molecule has 0 radical (unpaired) electrons. The molecule has 1 rings (SSSR count). The summed E-state index contributed by atoms with van der Waals surface area (Å²) in [4.78, 5) is 13.9. The molecule has 0 fully saturated rings. The topological polar surface area (TPSA) is 53.6 Å². The summed E-state index contributed by atoms with van der Waals surface area (Å²) in [5.41, 5.74) is 2.28. The zero-order valence-electron chi connectivity index (χ0n) is 13.5. The van der Waals surface area contributed by atoms with Crippen LogP contribution in [0.15, 0.2) is 18.2 Å². The third-order valence-corrected chi connectivity index (χ3v) is 3.62. The van der Waals surface area contributed by atoms with Crippen LogP contribution < -0.4 is 15.4 Å². The van der Waals surface area contributed by atoms with Crippen molar-refractivity contribution >= 4 is 6.03 Å². The second-order valence-corrected chi connectivity index (χ2v) is 4.95. The van der Waals surface area contributed by atoms with E-state index in [0.29, 0.717) is 6.54 Å². The summed E-state index contributed by atoms with van der Waals surface area (Å²) in [5.74, 6) is 0.804. The smallest absolute Gasteiger partial charge is 0.317 e. The molecular formula is C16H27N3O2. The fourth-order valence-electron chi connectivity index (χ4n) is 1.99. The fourth-order valence-corrected chi connectivity index (χ4v) is 1.99. The van der Waals surface area contributed by atoms with Gasteiger partial charge in [-0.3, -0.25) is 0 Å². The van der Waals surface area contributed by atoms with Crippen molar-refractivity contribution in [1.82, 2.24) is 15.5 Å². The van der Waals surface area contributed by atoms with E-state index in [-0.39, 0.29) is 12.8 Å². The molecule has 1 aromatic rings. The van der Waals surface area contributed by atoms with Crippen molar-refractivity contribution in [1.29, 1.82) is 0 Å². The van der Waals surface area contributed by atoms with Crippen molar-refractivity contribution in [2.75, 3.05) is 32.9 Å². The number of rotatable bonds is 8. The Kier molecular flexibility index (Phi) is 7.61. The first-order valence-electron chi connectivity index (χ1n) is 7.51. The number of nitrogens with zero attached hydrogens (tertiary/aromatic N) is 1. The summed E-state index contributed by atoms with van der Waals surface area (Å²) in [6.45, 7) is 11.9. The van der Waals surface area contributed by atoms with Crippen LogP contribution in [0.1, 0.15) is 25.0 Å². The van der Waals surface area contributed by atoms with Gasteiger partial charge in [0.15, 0.2) is 6.73 Å². The van der Waals surface area contributed by atoms with Crippen LogP contribution in [0.25, 0.3) is 0 Å². The molecule has 0 aliphatic rings. The fraction of sp³-hybridized carbons (Fsp3) is 0.562. The highest BCUT2D eigenvalue weighted by atomic mass is 16.5. The normalized spacial score (nSPS) is 10.5. The van der Waals surface area contributed by atoms with Gasteiger partial charge in [-0.05, 0) is 44.1 Å². The van der Waals surface area contributed by atoms with E-state index in [1.54, 1.807) is 0 Å².